The Hall–Kier alpha value is -1.47. The number of aliphatic hydroxyl groups is 1. The summed E-state index contributed by atoms with van der Waals surface area (Å²) in [5.74, 6) is -2.34. The molecule has 0 aliphatic carbocycles. The molecule has 1 atom stereocenters. The van der Waals surface area contributed by atoms with Gasteiger partial charge in [0.05, 0.1) is 19.3 Å². The van der Waals surface area contributed by atoms with E-state index in [9.17, 15) is 14.0 Å². The van der Waals surface area contributed by atoms with E-state index >= 15 is 0 Å². The van der Waals surface area contributed by atoms with Gasteiger partial charge >= 0.3 is 5.97 Å². The summed E-state index contributed by atoms with van der Waals surface area (Å²) in [7, 11) is 1.12. The third-order valence-corrected chi connectivity index (χ3v) is 2.64. The first-order chi connectivity index (χ1) is 8.49. The van der Waals surface area contributed by atoms with E-state index in [0.717, 1.165) is 13.2 Å². The molecule has 0 bridgehead atoms. The van der Waals surface area contributed by atoms with Crippen LogP contribution in [0, 0.1) is 5.82 Å². The number of nitrogens with one attached hydrogen (secondary N) is 1. The van der Waals surface area contributed by atoms with Crippen molar-refractivity contribution in [3.63, 3.8) is 0 Å². The lowest BCUT2D eigenvalue weighted by Crippen LogP contribution is -2.44. The third kappa shape index (κ3) is 3.51. The molecule has 0 saturated heterocycles. The number of carbonyl (C=O) groups is 2. The van der Waals surface area contributed by atoms with Gasteiger partial charge < -0.3 is 15.2 Å². The molecular formula is C11H11BrFNO4. The molecule has 1 aromatic rings. The van der Waals surface area contributed by atoms with E-state index < -0.39 is 30.3 Å². The average Bonchev–Trinajstić information content (AvgIpc) is 2.37. The number of aliphatic hydroxyl groups excluding tert-OH is 1. The number of benzene rings is 1. The van der Waals surface area contributed by atoms with Gasteiger partial charge in [0.15, 0.2) is 6.04 Å². The van der Waals surface area contributed by atoms with Crippen LogP contribution in [-0.2, 0) is 9.53 Å². The van der Waals surface area contributed by atoms with Crippen LogP contribution in [-0.4, -0.2) is 36.7 Å². The number of hydrogen-bond acceptors (Lipinski definition) is 4. The number of rotatable bonds is 4. The molecule has 98 valence electrons. The van der Waals surface area contributed by atoms with Crippen molar-refractivity contribution in [3.05, 3.63) is 34.1 Å². The maximum Gasteiger partial charge on any atom is 0.330 e. The standard InChI is InChI=1S/C11H11BrFNO4/c1-18-11(17)9(5-15)14-10(16)7-4-6(12)2-3-8(7)13/h2-4,9,15H,5H2,1H3,(H,14,16). The van der Waals surface area contributed by atoms with E-state index in [1.54, 1.807) is 0 Å². The van der Waals surface area contributed by atoms with Crippen LogP contribution in [0.1, 0.15) is 10.4 Å². The summed E-state index contributed by atoms with van der Waals surface area (Å²) in [4.78, 5) is 22.9. The van der Waals surface area contributed by atoms with Crippen LogP contribution in [0.2, 0.25) is 0 Å². The fraction of sp³-hybridized carbons (Fsp3) is 0.273. The van der Waals surface area contributed by atoms with Crippen molar-refractivity contribution in [1.29, 1.82) is 0 Å². The van der Waals surface area contributed by atoms with Gasteiger partial charge in [-0.25, -0.2) is 9.18 Å². The predicted octanol–water partition coefficient (Wildman–Crippen LogP) is 0.852. The normalized spacial score (nSPS) is 11.8. The van der Waals surface area contributed by atoms with Gasteiger partial charge in [0, 0.05) is 4.47 Å². The molecule has 5 nitrogen and oxygen atoms in total. The summed E-state index contributed by atoms with van der Waals surface area (Å²) in [5, 5.41) is 11.1. The van der Waals surface area contributed by atoms with Crippen LogP contribution in [0.3, 0.4) is 0 Å². The second-order valence-electron chi connectivity index (χ2n) is 3.36. The molecule has 1 rings (SSSR count). The highest BCUT2D eigenvalue weighted by Gasteiger charge is 2.22. The number of esters is 1. The molecule has 1 aromatic carbocycles. The van der Waals surface area contributed by atoms with E-state index in [-0.39, 0.29) is 5.56 Å². The molecule has 0 spiro atoms. The fourth-order valence-corrected chi connectivity index (χ4v) is 1.59. The Morgan fingerprint density at radius 1 is 1.56 bits per heavy atom. The van der Waals surface area contributed by atoms with Crippen LogP contribution in [0.25, 0.3) is 0 Å². The molecule has 0 fully saturated rings. The van der Waals surface area contributed by atoms with Crippen molar-refractivity contribution in [1.82, 2.24) is 5.32 Å². The molecule has 1 unspecified atom stereocenters. The van der Waals surface area contributed by atoms with Gasteiger partial charge in [0.1, 0.15) is 5.82 Å². The molecule has 7 heteroatoms. The quantitative estimate of drug-likeness (QED) is 0.807. The first kappa shape index (κ1) is 14.6. The second kappa shape index (κ2) is 6.46. The predicted molar refractivity (Wildman–Crippen MR) is 64.5 cm³/mol. The monoisotopic (exact) mass is 319 g/mol. The van der Waals surface area contributed by atoms with Crippen molar-refractivity contribution in [2.45, 2.75) is 6.04 Å². The number of hydrogen-bond donors (Lipinski definition) is 2. The second-order valence-corrected chi connectivity index (χ2v) is 4.27. The van der Waals surface area contributed by atoms with Crippen molar-refractivity contribution >= 4 is 27.8 Å². The van der Waals surface area contributed by atoms with Gasteiger partial charge in [-0.15, -0.1) is 0 Å². The summed E-state index contributed by atoms with van der Waals surface area (Å²) in [6, 6.07) is 2.61. The average molecular weight is 320 g/mol. The van der Waals surface area contributed by atoms with E-state index in [1.807, 2.05) is 0 Å². The maximum atomic E-state index is 13.4. The highest BCUT2D eigenvalue weighted by atomic mass is 79.9. The van der Waals surface area contributed by atoms with E-state index in [2.05, 4.69) is 26.0 Å². The zero-order valence-corrected chi connectivity index (χ0v) is 11.0. The summed E-state index contributed by atoms with van der Waals surface area (Å²) in [5.41, 5.74) is -0.230. The summed E-state index contributed by atoms with van der Waals surface area (Å²) in [6.07, 6.45) is 0. The lowest BCUT2D eigenvalue weighted by atomic mass is 10.2. The fourth-order valence-electron chi connectivity index (χ4n) is 1.23. The highest BCUT2D eigenvalue weighted by Crippen LogP contribution is 2.15. The maximum absolute atomic E-state index is 13.4. The Morgan fingerprint density at radius 2 is 2.22 bits per heavy atom. The number of ether oxygens (including phenoxy) is 1. The minimum Gasteiger partial charge on any atom is -0.467 e. The number of carbonyl (C=O) groups excluding carboxylic acids is 2. The Labute approximate surface area is 111 Å². The van der Waals surface area contributed by atoms with E-state index in [4.69, 9.17) is 5.11 Å². The Balaban J connectivity index is 2.87. The number of methoxy groups -OCH3 is 1. The van der Waals surface area contributed by atoms with Gasteiger partial charge in [0.25, 0.3) is 5.91 Å². The minimum atomic E-state index is -1.22. The lowest BCUT2D eigenvalue weighted by Gasteiger charge is -2.14. The molecule has 0 aliphatic rings. The first-order valence-electron chi connectivity index (χ1n) is 4.94. The van der Waals surface area contributed by atoms with Crippen molar-refractivity contribution in [3.8, 4) is 0 Å². The van der Waals surface area contributed by atoms with Gasteiger partial charge in [-0.2, -0.15) is 0 Å². The third-order valence-electron chi connectivity index (χ3n) is 2.15. The molecular weight excluding hydrogens is 309 g/mol. The van der Waals surface area contributed by atoms with Gasteiger partial charge in [-0.3, -0.25) is 4.79 Å². The van der Waals surface area contributed by atoms with Crippen LogP contribution >= 0.6 is 15.9 Å². The van der Waals surface area contributed by atoms with Gasteiger partial charge in [0.2, 0.25) is 0 Å². The zero-order valence-electron chi connectivity index (χ0n) is 9.44. The zero-order chi connectivity index (χ0) is 13.7. The topological polar surface area (TPSA) is 75.6 Å². The Bertz CT molecular complexity index is 466. The molecule has 0 radical (unpaired) electrons. The van der Waals surface area contributed by atoms with Crippen molar-refractivity contribution in [2.75, 3.05) is 13.7 Å². The summed E-state index contributed by atoms with van der Waals surface area (Å²) >= 11 is 3.10. The van der Waals surface area contributed by atoms with Crippen LogP contribution in [0.4, 0.5) is 4.39 Å². The molecule has 0 heterocycles. The molecule has 0 aromatic heterocycles. The first-order valence-corrected chi connectivity index (χ1v) is 5.73. The Morgan fingerprint density at radius 3 is 2.78 bits per heavy atom. The summed E-state index contributed by atoms with van der Waals surface area (Å²) in [6.45, 7) is -0.631. The SMILES string of the molecule is COC(=O)C(CO)NC(=O)c1cc(Br)ccc1F. The summed E-state index contributed by atoms with van der Waals surface area (Å²) < 4.78 is 18.3. The van der Waals surface area contributed by atoms with Crippen LogP contribution in [0.15, 0.2) is 22.7 Å². The molecule has 2 N–H and O–H groups in total. The number of amides is 1. The smallest absolute Gasteiger partial charge is 0.330 e. The molecule has 1 amide bonds. The molecule has 0 aliphatic heterocycles. The van der Waals surface area contributed by atoms with Gasteiger partial charge in [-0.05, 0) is 18.2 Å². The van der Waals surface area contributed by atoms with Gasteiger partial charge in [-0.1, -0.05) is 15.9 Å². The van der Waals surface area contributed by atoms with Crippen LogP contribution in [0.5, 0.6) is 0 Å². The largest absolute Gasteiger partial charge is 0.467 e. The lowest BCUT2D eigenvalue weighted by molar-refractivity contribution is -0.143. The highest BCUT2D eigenvalue weighted by molar-refractivity contribution is 9.10. The van der Waals surface area contributed by atoms with E-state index in [1.165, 1.54) is 12.1 Å². The van der Waals surface area contributed by atoms with Crippen LogP contribution < -0.4 is 5.32 Å². The minimum absolute atomic E-state index is 0.230. The Kier molecular flexibility index (Phi) is 5.24. The molecule has 0 saturated carbocycles. The molecule has 18 heavy (non-hydrogen) atoms. The van der Waals surface area contributed by atoms with Crippen molar-refractivity contribution < 1.29 is 23.8 Å². The van der Waals surface area contributed by atoms with Crippen molar-refractivity contribution in [2.24, 2.45) is 0 Å². The number of halogens is 2. The van der Waals surface area contributed by atoms with E-state index in [0.29, 0.717) is 4.47 Å².